The van der Waals surface area contributed by atoms with Crippen molar-refractivity contribution in [2.24, 2.45) is 0 Å². The number of ether oxygens (including phenoxy) is 2. The molecule has 0 aromatic heterocycles. The van der Waals surface area contributed by atoms with Crippen LogP contribution >= 0.6 is 12.6 Å². The van der Waals surface area contributed by atoms with Crippen LogP contribution in [-0.2, 0) is 10.1 Å². The molecular formula is C27H26O5S2. The molecule has 0 bridgehead atoms. The third kappa shape index (κ3) is 6.41. The molecule has 0 aliphatic rings. The van der Waals surface area contributed by atoms with E-state index in [4.69, 9.17) is 14.0 Å². The first-order valence-electron chi connectivity index (χ1n) is 10.4. The highest BCUT2D eigenvalue weighted by molar-refractivity contribution is 7.85. The molecule has 0 saturated heterocycles. The summed E-state index contributed by atoms with van der Waals surface area (Å²) >= 11 is 4.66. The molecule has 0 radical (unpaired) electrons. The third-order valence-electron chi connectivity index (χ3n) is 5.14. The van der Waals surface area contributed by atoms with Gasteiger partial charge in [0.25, 0.3) is 10.1 Å². The second-order valence-electron chi connectivity index (χ2n) is 7.44. The van der Waals surface area contributed by atoms with Gasteiger partial charge in [-0.05, 0) is 66.1 Å². The van der Waals surface area contributed by atoms with Crippen molar-refractivity contribution in [3.8, 4) is 33.8 Å². The molecule has 0 heterocycles. The van der Waals surface area contributed by atoms with Gasteiger partial charge in [0.2, 0.25) is 0 Å². The first-order valence-corrected chi connectivity index (χ1v) is 12.3. The predicted molar refractivity (Wildman–Crippen MR) is 139 cm³/mol. The van der Waals surface area contributed by atoms with Gasteiger partial charge in [-0.3, -0.25) is 4.55 Å². The summed E-state index contributed by atoms with van der Waals surface area (Å²) in [5.74, 6) is 1.69. The van der Waals surface area contributed by atoms with Gasteiger partial charge >= 0.3 is 0 Å². The SMILES string of the molecule is COc1ccc(-c2cccc(S)c2-c2ccc(OC)cc2)cc1.Cc1ccc(S(=O)(=O)O)cc1. The number of rotatable bonds is 5. The summed E-state index contributed by atoms with van der Waals surface area (Å²) in [6.45, 7) is 1.84. The van der Waals surface area contributed by atoms with Crippen LogP contribution in [0, 0.1) is 6.92 Å². The molecule has 5 nitrogen and oxygen atoms in total. The van der Waals surface area contributed by atoms with E-state index in [9.17, 15) is 8.42 Å². The molecule has 4 aromatic rings. The van der Waals surface area contributed by atoms with Crippen LogP contribution in [0.25, 0.3) is 22.3 Å². The summed E-state index contributed by atoms with van der Waals surface area (Å²) in [5.41, 5.74) is 5.46. The zero-order valence-electron chi connectivity index (χ0n) is 19.1. The lowest BCUT2D eigenvalue weighted by Gasteiger charge is -2.14. The Hall–Kier alpha value is -3.26. The Morgan fingerprint density at radius 2 is 1.21 bits per heavy atom. The van der Waals surface area contributed by atoms with Crippen LogP contribution < -0.4 is 9.47 Å². The second kappa shape index (κ2) is 11.2. The maximum atomic E-state index is 10.5. The van der Waals surface area contributed by atoms with Gasteiger partial charge in [-0.2, -0.15) is 8.42 Å². The predicted octanol–water partition coefficient (Wildman–Crippen LogP) is 6.57. The molecular weight excluding hydrogens is 468 g/mol. The maximum Gasteiger partial charge on any atom is 0.294 e. The normalized spacial score (nSPS) is 10.7. The molecule has 7 heteroatoms. The Bertz CT molecular complexity index is 1330. The lowest BCUT2D eigenvalue weighted by Crippen LogP contribution is -1.96. The fourth-order valence-electron chi connectivity index (χ4n) is 3.32. The molecule has 4 rings (SSSR count). The number of thiol groups is 1. The van der Waals surface area contributed by atoms with Crippen molar-refractivity contribution in [3.63, 3.8) is 0 Å². The number of methoxy groups -OCH3 is 2. The highest BCUT2D eigenvalue weighted by Crippen LogP contribution is 2.37. The quantitative estimate of drug-likeness (QED) is 0.243. The molecule has 1 N–H and O–H groups in total. The van der Waals surface area contributed by atoms with Gasteiger partial charge in [0.1, 0.15) is 11.5 Å². The molecule has 0 saturated carbocycles. The Labute approximate surface area is 206 Å². The Kier molecular flexibility index (Phi) is 8.39. The average molecular weight is 495 g/mol. The summed E-state index contributed by atoms with van der Waals surface area (Å²) in [4.78, 5) is 0.881. The monoisotopic (exact) mass is 494 g/mol. The average Bonchev–Trinajstić information content (AvgIpc) is 2.84. The van der Waals surface area contributed by atoms with Gasteiger partial charge in [-0.1, -0.05) is 54.1 Å². The third-order valence-corrected chi connectivity index (χ3v) is 6.38. The highest BCUT2D eigenvalue weighted by atomic mass is 32.2. The fourth-order valence-corrected chi connectivity index (χ4v) is 4.14. The van der Waals surface area contributed by atoms with Crippen molar-refractivity contribution in [2.45, 2.75) is 16.7 Å². The zero-order chi connectivity index (χ0) is 24.7. The van der Waals surface area contributed by atoms with Gasteiger partial charge in [0, 0.05) is 10.5 Å². The molecule has 0 atom stereocenters. The molecule has 34 heavy (non-hydrogen) atoms. The second-order valence-corrected chi connectivity index (χ2v) is 9.35. The first-order chi connectivity index (χ1) is 16.2. The first kappa shape index (κ1) is 25.4. The van der Waals surface area contributed by atoms with Crippen molar-refractivity contribution >= 4 is 22.7 Å². The van der Waals surface area contributed by atoms with E-state index in [1.54, 1.807) is 26.4 Å². The molecule has 4 aromatic carbocycles. The summed E-state index contributed by atoms with van der Waals surface area (Å²) in [6, 6.07) is 28.2. The van der Waals surface area contributed by atoms with E-state index in [1.165, 1.54) is 12.1 Å². The summed E-state index contributed by atoms with van der Waals surface area (Å²) in [5, 5.41) is 0. The van der Waals surface area contributed by atoms with Gasteiger partial charge < -0.3 is 9.47 Å². The minimum Gasteiger partial charge on any atom is -0.497 e. The van der Waals surface area contributed by atoms with E-state index >= 15 is 0 Å². The van der Waals surface area contributed by atoms with Crippen LogP contribution in [0.4, 0.5) is 0 Å². The van der Waals surface area contributed by atoms with E-state index in [1.807, 2.05) is 43.3 Å². The van der Waals surface area contributed by atoms with Crippen molar-refractivity contribution in [1.29, 1.82) is 0 Å². The van der Waals surface area contributed by atoms with E-state index < -0.39 is 10.1 Å². The minimum absolute atomic E-state index is 0.0666. The number of hydrogen-bond donors (Lipinski definition) is 2. The summed E-state index contributed by atoms with van der Waals surface area (Å²) < 4.78 is 40.0. The lowest BCUT2D eigenvalue weighted by molar-refractivity contribution is 0.414. The van der Waals surface area contributed by atoms with Crippen molar-refractivity contribution < 1.29 is 22.4 Å². The van der Waals surface area contributed by atoms with Gasteiger partial charge in [0.05, 0.1) is 19.1 Å². The molecule has 0 amide bonds. The van der Waals surface area contributed by atoms with Crippen molar-refractivity contribution in [3.05, 3.63) is 96.6 Å². The van der Waals surface area contributed by atoms with Crippen LogP contribution in [0.15, 0.2) is 101 Å². The fraction of sp³-hybridized carbons (Fsp3) is 0.111. The van der Waals surface area contributed by atoms with Gasteiger partial charge in [-0.25, -0.2) is 0 Å². The molecule has 0 spiro atoms. The van der Waals surface area contributed by atoms with Crippen LogP contribution in [0.1, 0.15) is 5.56 Å². The Balaban J connectivity index is 0.000000248. The van der Waals surface area contributed by atoms with E-state index in [0.717, 1.165) is 44.2 Å². The topological polar surface area (TPSA) is 72.8 Å². The molecule has 176 valence electrons. The van der Waals surface area contributed by atoms with Crippen molar-refractivity contribution in [1.82, 2.24) is 0 Å². The number of benzene rings is 4. The van der Waals surface area contributed by atoms with E-state index in [-0.39, 0.29) is 4.90 Å². The zero-order valence-corrected chi connectivity index (χ0v) is 20.8. The standard InChI is InChI=1S/C20H18O2S.C7H8O3S/c1-21-16-10-6-14(7-11-16)18-4-3-5-19(23)20(18)15-8-12-17(22-2)13-9-15;1-6-2-4-7(5-3-6)11(8,9)10/h3-13,23H,1-2H3;2-5H,1H3,(H,8,9,10). The largest absolute Gasteiger partial charge is 0.497 e. The van der Waals surface area contributed by atoms with E-state index in [0.29, 0.717) is 0 Å². The minimum atomic E-state index is -4.02. The lowest BCUT2D eigenvalue weighted by atomic mass is 9.94. The Morgan fingerprint density at radius 3 is 1.68 bits per heavy atom. The van der Waals surface area contributed by atoms with Crippen LogP contribution in [0.2, 0.25) is 0 Å². The van der Waals surface area contributed by atoms with E-state index in [2.05, 4.69) is 43.0 Å². The molecule has 0 aliphatic carbocycles. The smallest absolute Gasteiger partial charge is 0.294 e. The summed E-state index contributed by atoms with van der Waals surface area (Å²) in [6.07, 6.45) is 0. The van der Waals surface area contributed by atoms with Crippen molar-refractivity contribution in [2.75, 3.05) is 14.2 Å². The molecule has 0 fully saturated rings. The molecule has 0 aliphatic heterocycles. The van der Waals surface area contributed by atoms with Crippen LogP contribution in [0.5, 0.6) is 11.5 Å². The maximum absolute atomic E-state index is 10.5. The summed E-state index contributed by atoms with van der Waals surface area (Å²) in [7, 11) is -0.676. The highest BCUT2D eigenvalue weighted by Gasteiger charge is 2.11. The number of aryl methyl sites for hydroxylation is 1. The molecule has 0 unspecified atom stereocenters. The number of hydrogen-bond acceptors (Lipinski definition) is 5. The van der Waals surface area contributed by atoms with Crippen LogP contribution in [-0.4, -0.2) is 27.2 Å². The van der Waals surface area contributed by atoms with Crippen LogP contribution in [0.3, 0.4) is 0 Å². The Morgan fingerprint density at radius 1 is 0.706 bits per heavy atom. The van der Waals surface area contributed by atoms with Gasteiger partial charge in [-0.15, -0.1) is 12.6 Å². The van der Waals surface area contributed by atoms with Gasteiger partial charge in [0.15, 0.2) is 0 Å².